The van der Waals surface area contributed by atoms with Crippen molar-refractivity contribution in [2.75, 3.05) is 17.4 Å². The molecule has 0 aromatic heterocycles. The van der Waals surface area contributed by atoms with Crippen LogP contribution in [0.15, 0.2) is 90.0 Å². The number of ether oxygens (including phenoxy) is 1. The first-order valence-electron chi connectivity index (χ1n) is 8.15. The summed E-state index contributed by atoms with van der Waals surface area (Å²) >= 11 is 5.58. The molecule has 4 nitrogen and oxygen atoms in total. The average molecular weight is 361 g/mol. The van der Waals surface area contributed by atoms with E-state index in [1.54, 1.807) is 18.3 Å². The minimum atomic E-state index is 0.493. The second-order valence-electron chi connectivity index (χ2n) is 5.46. The van der Waals surface area contributed by atoms with Crippen molar-refractivity contribution in [2.45, 2.75) is 0 Å². The van der Waals surface area contributed by atoms with Crippen LogP contribution in [0.1, 0.15) is 5.56 Å². The molecule has 5 heteroatoms. The highest BCUT2D eigenvalue weighted by molar-refractivity contribution is 7.80. The zero-order valence-electron chi connectivity index (χ0n) is 14.4. The fraction of sp³-hybridized carbons (Fsp3) is 0.0476. The van der Waals surface area contributed by atoms with E-state index in [-0.39, 0.29) is 0 Å². The number of methoxy groups -OCH3 is 1. The van der Waals surface area contributed by atoms with Gasteiger partial charge in [0.1, 0.15) is 5.75 Å². The van der Waals surface area contributed by atoms with Crippen molar-refractivity contribution >= 4 is 34.9 Å². The number of para-hydroxylation sites is 2. The quantitative estimate of drug-likeness (QED) is 0.397. The summed E-state index contributed by atoms with van der Waals surface area (Å²) < 4.78 is 5.18. The van der Waals surface area contributed by atoms with Crippen LogP contribution < -0.4 is 15.1 Å². The molecular formula is C21H19N3OS. The summed E-state index contributed by atoms with van der Waals surface area (Å²) in [4.78, 5) is 0. The van der Waals surface area contributed by atoms with Crippen molar-refractivity contribution in [1.82, 2.24) is 0 Å². The van der Waals surface area contributed by atoms with Gasteiger partial charge in [-0.05, 0) is 66.3 Å². The second-order valence-corrected chi connectivity index (χ2v) is 5.85. The Kier molecular flexibility index (Phi) is 5.96. The number of hydrogen-bond donors (Lipinski definition) is 1. The second kappa shape index (κ2) is 8.78. The van der Waals surface area contributed by atoms with Gasteiger partial charge < -0.3 is 10.1 Å². The van der Waals surface area contributed by atoms with Crippen LogP contribution in [0.3, 0.4) is 0 Å². The molecule has 0 aliphatic heterocycles. The van der Waals surface area contributed by atoms with E-state index in [4.69, 9.17) is 17.0 Å². The molecule has 3 aromatic carbocycles. The van der Waals surface area contributed by atoms with Crippen molar-refractivity contribution in [2.24, 2.45) is 5.10 Å². The largest absolute Gasteiger partial charge is 0.497 e. The lowest BCUT2D eigenvalue weighted by atomic mass is 10.2. The van der Waals surface area contributed by atoms with E-state index in [1.807, 2.05) is 84.9 Å². The molecule has 0 atom stereocenters. The third kappa shape index (κ3) is 4.68. The highest BCUT2D eigenvalue weighted by atomic mass is 32.1. The lowest BCUT2D eigenvalue weighted by molar-refractivity contribution is 0.415. The molecule has 26 heavy (non-hydrogen) atoms. The maximum atomic E-state index is 5.58. The fourth-order valence-electron chi connectivity index (χ4n) is 2.32. The fourth-order valence-corrected chi connectivity index (χ4v) is 2.59. The minimum absolute atomic E-state index is 0.493. The standard InChI is InChI=1S/C21H19N3OS/c1-25-20-14-12-17(13-15-20)16-22-24(19-10-6-3-7-11-19)21(26)23-18-8-4-2-5-9-18/h2-16H,1H3,(H,23,26)/b22-16+. The van der Waals surface area contributed by atoms with E-state index < -0.39 is 0 Å². The van der Waals surface area contributed by atoms with Crippen molar-refractivity contribution in [3.8, 4) is 5.75 Å². The summed E-state index contributed by atoms with van der Waals surface area (Å²) in [6.45, 7) is 0. The Morgan fingerprint density at radius 2 is 1.54 bits per heavy atom. The zero-order valence-corrected chi connectivity index (χ0v) is 15.2. The minimum Gasteiger partial charge on any atom is -0.497 e. The van der Waals surface area contributed by atoms with E-state index in [0.29, 0.717) is 5.11 Å². The van der Waals surface area contributed by atoms with E-state index >= 15 is 0 Å². The third-order valence-electron chi connectivity index (χ3n) is 3.66. The van der Waals surface area contributed by atoms with Gasteiger partial charge in [0.2, 0.25) is 0 Å². The molecule has 0 aliphatic carbocycles. The van der Waals surface area contributed by atoms with E-state index in [9.17, 15) is 0 Å². The summed E-state index contributed by atoms with van der Waals surface area (Å²) in [5.41, 5.74) is 2.75. The van der Waals surface area contributed by atoms with Crippen LogP contribution >= 0.6 is 12.2 Å². The number of rotatable bonds is 5. The van der Waals surface area contributed by atoms with Gasteiger partial charge in [0.15, 0.2) is 5.11 Å². The Labute approximate surface area is 158 Å². The smallest absolute Gasteiger partial charge is 0.198 e. The van der Waals surface area contributed by atoms with Gasteiger partial charge in [-0.25, -0.2) is 5.01 Å². The number of hydrogen-bond acceptors (Lipinski definition) is 3. The van der Waals surface area contributed by atoms with Crippen molar-refractivity contribution < 1.29 is 4.74 Å². The van der Waals surface area contributed by atoms with Gasteiger partial charge in [0.25, 0.3) is 0 Å². The van der Waals surface area contributed by atoms with Crippen LogP contribution in [0, 0.1) is 0 Å². The van der Waals surface area contributed by atoms with Crippen LogP contribution in [0.25, 0.3) is 0 Å². The predicted molar refractivity (Wildman–Crippen MR) is 112 cm³/mol. The first-order chi connectivity index (χ1) is 12.8. The molecule has 0 unspecified atom stereocenters. The van der Waals surface area contributed by atoms with Gasteiger partial charge in [0, 0.05) is 5.69 Å². The van der Waals surface area contributed by atoms with Gasteiger partial charge in [0.05, 0.1) is 19.0 Å². The molecule has 0 amide bonds. The highest BCUT2D eigenvalue weighted by Gasteiger charge is 2.10. The molecule has 3 aromatic rings. The third-order valence-corrected chi connectivity index (χ3v) is 3.93. The molecule has 0 saturated heterocycles. The monoisotopic (exact) mass is 361 g/mol. The molecule has 0 bridgehead atoms. The SMILES string of the molecule is COc1ccc(/C=N/N(C(=S)Nc2ccccc2)c2ccccc2)cc1. The molecule has 130 valence electrons. The van der Waals surface area contributed by atoms with Gasteiger partial charge in [-0.15, -0.1) is 0 Å². The molecule has 0 saturated carbocycles. The molecule has 0 heterocycles. The Morgan fingerprint density at radius 1 is 0.923 bits per heavy atom. The van der Waals surface area contributed by atoms with E-state index in [2.05, 4.69) is 10.4 Å². The van der Waals surface area contributed by atoms with Crippen molar-refractivity contribution in [3.05, 3.63) is 90.5 Å². The van der Waals surface area contributed by atoms with Gasteiger partial charge in [-0.1, -0.05) is 36.4 Å². The maximum Gasteiger partial charge on any atom is 0.198 e. The van der Waals surface area contributed by atoms with E-state index in [0.717, 1.165) is 22.7 Å². The van der Waals surface area contributed by atoms with Crippen molar-refractivity contribution in [3.63, 3.8) is 0 Å². The predicted octanol–water partition coefficient (Wildman–Crippen LogP) is 4.93. The van der Waals surface area contributed by atoms with Crippen molar-refractivity contribution in [1.29, 1.82) is 0 Å². The summed E-state index contributed by atoms with van der Waals surface area (Å²) in [6, 6.07) is 27.3. The first-order valence-corrected chi connectivity index (χ1v) is 8.56. The molecule has 0 fully saturated rings. The number of anilines is 2. The van der Waals surface area contributed by atoms with Crippen LogP contribution in [0.5, 0.6) is 5.75 Å². The highest BCUT2D eigenvalue weighted by Crippen LogP contribution is 2.17. The lowest BCUT2D eigenvalue weighted by Crippen LogP contribution is -2.30. The van der Waals surface area contributed by atoms with Crippen LogP contribution in [0.4, 0.5) is 11.4 Å². The zero-order chi connectivity index (χ0) is 18.2. The summed E-state index contributed by atoms with van der Waals surface area (Å²) in [7, 11) is 1.65. The molecule has 0 aliphatic rings. The van der Waals surface area contributed by atoms with Crippen LogP contribution in [-0.4, -0.2) is 18.4 Å². The number of nitrogens with zero attached hydrogens (tertiary/aromatic N) is 2. The van der Waals surface area contributed by atoms with E-state index in [1.165, 1.54) is 0 Å². The topological polar surface area (TPSA) is 36.9 Å². The average Bonchev–Trinajstić information content (AvgIpc) is 2.70. The number of hydrazone groups is 1. The Balaban J connectivity index is 1.83. The number of thiocarbonyl (C=S) groups is 1. The first kappa shape index (κ1) is 17.6. The molecule has 0 spiro atoms. The van der Waals surface area contributed by atoms with Gasteiger partial charge in [-0.2, -0.15) is 5.10 Å². The van der Waals surface area contributed by atoms with Crippen LogP contribution in [0.2, 0.25) is 0 Å². The molecular weight excluding hydrogens is 342 g/mol. The molecule has 0 radical (unpaired) electrons. The molecule has 1 N–H and O–H groups in total. The Morgan fingerprint density at radius 3 is 2.15 bits per heavy atom. The van der Waals surface area contributed by atoms with Crippen LogP contribution in [-0.2, 0) is 0 Å². The molecule has 3 rings (SSSR count). The number of nitrogens with one attached hydrogen (secondary N) is 1. The summed E-state index contributed by atoms with van der Waals surface area (Å²) in [6.07, 6.45) is 1.77. The van der Waals surface area contributed by atoms with Gasteiger partial charge >= 0.3 is 0 Å². The Bertz CT molecular complexity index is 865. The summed E-state index contributed by atoms with van der Waals surface area (Å²) in [5, 5.41) is 9.99. The number of benzene rings is 3. The maximum absolute atomic E-state index is 5.58. The summed E-state index contributed by atoms with van der Waals surface area (Å²) in [5.74, 6) is 0.809. The van der Waals surface area contributed by atoms with Gasteiger partial charge in [-0.3, -0.25) is 0 Å². The normalized spacial score (nSPS) is 10.5. The lowest BCUT2D eigenvalue weighted by Gasteiger charge is -2.20. The Hall–Kier alpha value is -3.18.